The molecule has 100 valence electrons. The number of sulfonamides is 1. The predicted octanol–water partition coefficient (Wildman–Crippen LogP) is 2.64. The van der Waals surface area contributed by atoms with Crippen molar-refractivity contribution in [3.8, 4) is 5.75 Å². The predicted molar refractivity (Wildman–Crippen MR) is 70.2 cm³/mol. The van der Waals surface area contributed by atoms with Gasteiger partial charge in [0.25, 0.3) is 10.0 Å². The van der Waals surface area contributed by atoms with Crippen molar-refractivity contribution in [2.75, 3.05) is 11.8 Å². The highest BCUT2D eigenvalue weighted by Gasteiger charge is 2.15. The lowest BCUT2D eigenvalue weighted by atomic mass is 10.3. The van der Waals surface area contributed by atoms with Crippen molar-refractivity contribution in [1.29, 1.82) is 0 Å². The van der Waals surface area contributed by atoms with Gasteiger partial charge in [0, 0.05) is 0 Å². The Kier molecular flexibility index (Phi) is 3.71. The zero-order valence-electron chi connectivity index (χ0n) is 10.1. The van der Waals surface area contributed by atoms with Crippen LogP contribution in [0.5, 0.6) is 5.75 Å². The molecule has 0 fully saturated rings. The van der Waals surface area contributed by atoms with E-state index in [9.17, 15) is 12.8 Å². The molecule has 0 spiro atoms. The minimum absolute atomic E-state index is 0.0385. The van der Waals surface area contributed by atoms with Crippen LogP contribution in [-0.4, -0.2) is 15.5 Å². The van der Waals surface area contributed by atoms with Crippen molar-refractivity contribution in [3.05, 3.63) is 54.3 Å². The van der Waals surface area contributed by atoms with Gasteiger partial charge in [0.2, 0.25) is 0 Å². The van der Waals surface area contributed by atoms with E-state index in [4.69, 9.17) is 4.74 Å². The number of methoxy groups -OCH3 is 1. The first-order valence-electron chi connectivity index (χ1n) is 5.44. The van der Waals surface area contributed by atoms with Gasteiger partial charge in [0.1, 0.15) is 11.6 Å². The van der Waals surface area contributed by atoms with Crippen LogP contribution in [0, 0.1) is 5.82 Å². The van der Waals surface area contributed by atoms with Gasteiger partial charge in [-0.2, -0.15) is 0 Å². The fraction of sp³-hybridized carbons (Fsp3) is 0.0769. The Morgan fingerprint density at radius 2 is 1.68 bits per heavy atom. The quantitative estimate of drug-likeness (QED) is 0.937. The fourth-order valence-electron chi connectivity index (χ4n) is 1.50. The van der Waals surface area contributed by atoms with Crippen molar-refractivity contribution in [2.45, 2.75) is 4.90 Å². The number of ether oxygens (including phenoxy) is 1. The van der Waals surface area contributed by atoms with Crippen LogP contribution in [-0.2, 0) is 10.0 Å². The summed E-state index contributed by atoms with van der Waals surface area (Å²) in [6, 6.07) is 11.4. The van der Waals surface area contributed by atoms with Gasteiger partial charge in [0.05, 0.1) is 17.7 Å². The third-order valence-corrected chi connectivity index (χ3v) is 3.87. The summed E-state index contributed by atoms with van der Waals surface area (Å²) in [5, 5.41) is 0. The zero-order chi connectivity index (χ0) is 13.9. The molecular weight excluding hydrogens is 269 g/mol. The molecule has 0 radical (unpaired) electrons. The lowest BCUT2D eigenvalue weighted by Crippen LogP contribution is -2.13. The Bertz CT molecular complexity index is 669. The number of para-hydroxylation sites is 1. The monoisotopic (exact) mass is 281 g/mol. The summed E-state index contributed by atoms with van der Waals surface area (Å²) in [6.45, 7) is 0. The van der Waals surface area contributed by atoms with Crippen LogP contribution in [0.4, 0.5) is 10.1 Å². The fourth-order valence-corrected chi connectivity index (χ4v) is 2.57. The number of rotatable bonds is 4. The molecule has 0 saturated carbocycles. The zero-order valence-corrected chi connectivity index (χ0v) is 10.9. The second-order valence-corrected chi connectivity index (χ2v) is 5.44. The summed E-state index contributed by atoms with van der Waals surface area (Å²) in [4.78, 5) is 0.0385. The molecular formula is C13H12FNO3S. The van der Waals surface area contributed by atoms with Gasteiger partial charge >= 0.3 is 0 Å². The molecule has 0 unspecified atom stereocenters. The average molecular weight is 281 g/mol. The summed E-state index contributed by atoms with van der Waals surface area (Å²) >= 11 is 0. The van der Waals surface area contributed by atoms with Crippen LogP contribution in [0.3, 0.4) is 0 Å². The molecule has 2 aromatic carbocycles. The first kappa shape index (κ1) is 13.4. The van der Waals surface area contributed by atoms with Crippen molar-refractivity contribution in [2.24, 2.45) is 0 Å². The largest absolute Gasteiger partial charge is 0.497 e. The highest BCUT2D eigenvalue weighted by atomic mass is 32.2. The van der Waals surface area contributed by atoms with Crippen LogP contribution in [0.2, 0.25) is 0 Å². The van der Waals surface area contributed by atoms with E-state index in [1.54, 1.807) is 6.07 Å². The number of anilines is 1. The first-order chi connectivity index (χ1) is 9.03. The lowest BCUT2D eigenvalue weighted by molar-refractivity contribution is 0.414. The summed E-state index contributed by atoms with van der Waals surface area (Å²) in [5.41, 5.74) is -0.0849. The molecule has 0 bridgehead atoms. The molecule has 1 N–H and O–H groups in total. The lowest BCUT2D eigenvalue weighted by Gasteiger charge is -2.09. The van der Waals surface area contributed by atoms with Crippen molar-refractivity contribution in [3.63, 3.8) is 0 Å². The molecule has 0 aliphatic carbocycles. The molecule has 2 rings (SSSR count). The molecule has 4 nitrogen and oxygen atoms in total. The molecule has 0 amide bonds. The molecule has 0 aliphatic heterocycles. The normalized spacial score (nSPS) is 11.1. The molecule has 0 aromatic heterocycles. The van der Waals surface area contributed by atoms with Crippen LogP contribution in [0.15, 0.2) is 53.4 Å². The maximum absolute atomic E-state index is 13.4. The molecule has 6 heteroatoms. The van der Waals surface area contributed by atoms with Gasteiger partial charge in [0.15, 0.2) is 0 Å². The summed E-state index contributed by atoms with van der Waals surface area (Å²) in [7, 11) is -2.32. The number of nitrogens with one attached hydrogen (secondary N) is 1. The van der Waals surface area contributed by atoms with Gasteiger partial charge in [-0.05, 0) is 36.4 Å². The third-order valence-electron chi connectivity index (χ3n) is 2.49. The van der Waals surface area contributed by atoms with Gasteiger partial charge < -0.3 is 4.74 Å². The van der Waals surface area contributed by atoms with Crippen LogP contribution >= 0.6 is 0 Å². The summed E-state index contributed by atoms with van der Waals surface area (Å²) < 4.78 is 44.6. The standard InChI is InChI=1S/C13H12FNO3S/c1-18-10-6-8-11(9-7-10)19(16,17)15-13-5-3-2-4-12(13)14/h2-9,15H,1H3. The maximum atomic E-state index is 13.4. The topological polar surface area (TPSA) is 55.4 Å². The number of halogens is 1. The summed E-state index contributed by atoms with van der Waals surface area (Å²) in [5.74, 6) is -0.0792. The van der Waals surface area contributed by atoms with Gasteiger partial charge in [-0.15, -0.1) is 0 Å². The van der Waals surface area contributed by atoms with Crippen LogP contribution in [0.25, 0.3) is 0 Å². The van der Waals surface area contributed by atoms with E-state index >= 15 is 0 Å². The van der Waals surface area contributed by atoms with Crippen molar-refractivity contribution < 1.29 is 17.5 Å². The smallest absolute Gasteiger partial charge is 0.261 e. The molecule has 2 aromatic rings. The third kappa shape index (κ3) is 3.03. The van der Waals surface area contributed by atoms with E-state index in [0.29, 0.717) is 5.75 Å². The highest BCUT2D eigenvalue weighted by Crippen LogP contribution is 2.20. The maximum Gasteiger partial charge on any atom is 0.261 e. The molecule has 0 atom stereocenters. The number of benzene rings is 2. The molecule has 19 heavy (non-hydrogen) atoms. The van der Waals surface area contributed by atoms with E-state index < -0.39 is 15.8 Å². The Hall–Kier alpha value is -2.08. The Balaban J connectivity index is 2.30. The first-order valence-corrected chi connectivity index (χ1v) is 6.92. The van der Waals surface area contributed by atoms with Gasteiger partial charge in [-0.25, -0.2) is 12.8 Å². The van der Waals surface area contributed by atoms with Gasteiger partial charge in [-0.3, -0.25) is 4.72 Å². The highest BCUT2D eigenvalue weighted by molar-refractivity contribution is 7.92. The van der Waals surface area contributed by atoms with E-state index in [1.807, 2.05) is 0 Å². The van der Waals surface area contributed by atoms with Crippen molar-refractivity contribution >= 4 is 15.7 Å². The second-order valence-electron chi connectivity index (χ2n) is 3.76. The number of hydrogen-bond donors (Lipinski definition) is 1. The second kappa shape index (κ2) is 5.27. The average Bonchev–Trinajstić information content (AvgIpc) is 2.41. The van der Waals surface area contributed by atoms with E-state index in [-0.39, 0.29) is 10.6 Å². The minimum Gasteiger partial charge on any atom is -0.497 e. The minimum atomic E-state index is -3.81. The Morgan fingerprint density at radius 1 is 1.05 bits per heavy atom. The van der Waals surface area contributed by atoms with Crippen LogP contribution in [0.1, 0.15) is 0 Å². The SMILES string of the molecule is COc1ccc(S(=O)(=O)Nc2ccccc2F)cc1. The van der Waals surface area contributed by atoms with Crippen LogP contribution < -0.4 is 9.46 Å². The molecule has 0 saturated heterocycles. The summed E-state index contributed by atoms with van der Waals surface area (Å²) in [6.07, 6.45) is 0. The Morgan fingerprint density at radius 3 is 2.26 bits per heavy atom. The molecule has 0 aliphatic rings. The van der Waals surface area contributed by atoms with Gasteiger partial charge in [-0.1, -0.05) is 12.1 Å². The van der Waals surface area contributed by atoms with E-state index in [2.05, 4.69) is 4.72 Å². The Labute approximate surface area is 110 Å². The van der Waals surface area contributed by atoms with E-state index in [1.165, 1.54) is 49.6 Å². The molecule has 0 heterocycles. The van der Waals surface area contributed by atoms with E-state index in [0.717, 1.165) is 0 Å². The van der Waals surface area contributed by atoms with Crippen molar-refractivity contribution in [1.82, 2.24) is 0 Å². The number of hydrogen-bond acceptors (Lipinski definition) is 3.